The predicted molar refractivity (Wildman–Crippen MR) is 77.5 cm³/mol. The second-order valence-electron chi connectivity index (χ2n) is 3.96. The number of halogens is 1. The van der Waals surface area contributed by atoms with Gasteiger partial charge in [-0.3, -0.25) is 20.2 Å². The number of hydrogen-bond acceptors (Lipinski definition) is 5. The lowest BCUT2D eigenvalue weighted by molar-refractivity contribution is -0.385. The number of anilines is 1. The molecule has 0 aliphatic heterocycles. The number of nitro benzene ring substituents is 1. The quantitative estimate of drug-likeness (QED) is 0.533. The fourth-order valence-corrected chi connectivity index (χ4v) is 2.62. The van der Waals surface area contributed by atoms with E-state index in [-0.39, 0.29) is 17.1 Å². The van der Waals surface area contributed by atoms with Crippen LogP contribution in [0.4, 0.5) is 10.8 Å². The van der Waals surface area contributed by atoms with Crippen LogP contribution in [0.25, 0.3) is 0 Å². The first-order chi connectivity index (χ1) is 9.52. The van der Waals surface area contributed by atoms with Gasteiger partial charge in [0.2, 0.25) is 0 Å². The highest BCUT2D eigenvalue weighted by molar-refractivity contribution is 7.14. The Morgan fingerprint density at radius 2 is 2.30 bits per heavy atom. The number of rotatable bonds is 4. The van der Waals surface area contributed by atoms with Crippen molar-refractivity contribution in [3.8, 4) is 0 Å². The van der Waals surface area contributed by atoms with E-state index < -0.39 is 10.8 Å². The third-order valence-electron chi connectivity index (χ3n) is 2.58. The maximum absolute atomic E-state index is 12.2. The molecule has 0 spiro atoms. The fourth-order valence-electron chi connectivity index (χ4n) is 1.69. The topological polar surface area (TPSA) is 85.1 Å². The zero-order valence-electron chi connectivity index (χ0n) is 10.4. The standard InChI is InChI=1S/C12H10ClN3O3S/c1-7-3-2-4-9(16(18)19)10(7)11(17)15-12-14-8(5-13)6-20-12/h2-4,6H,5H2,1H3,(H,14,15,17). The minimum Gasteiger partial charge on any atom is -0.298 e. The van der Waals surface area contributed by atoms with Crippen molar-refractivity contribution in [3.63, 3.8) is 0 Å². The van der Waals surface area contributed by atoms with E-state index >= 15 is 0 Å². The Balaban J connectivity index is 2.31. The molecule has 0 fully saturated rings. The van der Waals surface area contributed by atoms with Crippen LogP contribution in [0.5, 0.6) is 0 Å². The number of nitro groups is 1. The molecule has 0 aliphatic rings. The number of alkyl halides is 1. The SMILES string of the molecule is Cc1cccc([N+](=O)[O-])c1C(=O)Nc1nc(CCl)cs1. The van der Waals surface area contributed by atoms with Crippen molar-refractivity contribution in [2.75, 3.05) is 5.32 Å². The number of hydrogen-bond donors (Lipinski definition) is 1. The van der Waals surface area contributed by atoms with Gasteiger partial charge in [-0.05, 0) is 12.5 Å². The summed E-state index contributed by atoms with van der Waals surface area (Å²) in [5, 5.41) is 15.6. The Kier molecular flexibility index (Phi) is 4.31. The van der Waals surface area contributed by atoms with Crippen LogP contribution in [-0.2, 0) is 5.88 Å². The molecule has 0 bridgehead atoms. The molecule has 20 heavy (non-hydrogen) atoms. The van der Waals surface area contributed by atoms with E-state index in [0.717, 1.165) is 0 Å². The number of aryl methyl sites for hydroxylation is 1. The van der Waals surface area contributed by atoms with Crippen LogP contribution in [-0.4, -0.2) is 15.8 Å². The molecule has 1 aromatic heterocycles. The molecule has 6 nitrogen and oxygen atoms in total. The molecule has 0 saturated heterocycles. The Hall–Kier alpha value is -1.99. The van der Waals surface area contributed by atoms with Crippen molar-refractivity contribution in [2.45, 2.75) is 12.8 Å². The monoisotopic (exact) mass is 311 g/mol. The van der Waals surface area contributed by atoms with Crippen LogP contribution in [0.3, 0.4) is 0 Å². The molecule has 0 atom stereocenters. The molecule has 1 heterocycles. The predicted octanol–water partition coefficient (Wildman–Crippen LogP) is 3.35. The molecule has 0 saturated carbocycles. The molecule has 0 aliphatic carbocycles. The molecule has 8 heteroatoms. The summed E-state index contributed by atoms with van der Waals surface area (Å²) in [4.78, 5) is 26.7. The van der Waals surface area contributed by atoms with E-state index in [0.29, 0.717) is 16.4 Å². The maximum Gasteiger partial charge on any atom is 0.282 e. The van der Waals surface area contributed by atoms with Gasteiger partial charge in [0.25, 0.3) is 11.6 Å². The summed E-state index contributed by atoms with van der Waals surface area (Å²) in [6.07, 6.45) is 0. The molecule has 1 aromatic carbocycles. The molecule has 0 unspecified atom stereocenters. The lowest BCUT2D eigenvalue weighted by Gasteiger charge is -2.06. The first-order valence-electron chi connectivity index (χ1n) is 5.58. The summed E-state index contributed by atoms with van der Waals surface area (Å²) in [6.45, 7) is 1.65. The van der Waals surface area contributed by atoms with E-state index in [1.54, 1.807) is 24.4 Å². The summed E-state index contributed by atoms with van der Waals surface area (Å²) >= 11 is 6.85. The Bertz CT molecular complexity index is 672. The highest BCUT2D eigenvalue weighted by Gasteiger charge is 2.22. The minimum absolute atomic E-state index is 0.0418. The van der Waals surface area contributed by atoms with E-state index in [9.17, 15) is 14.9 Å². The fraction of sp³-hybridized carbons (Fsp3) is 0.167. The summed E-state index contributed by atoms with van der Waals surface area (Å²) in [5.74, 6) is -0.304. The van der Waals surface area contributed by atoms with Gasteiger partial charge < -0.3 is 0 Å². The van der Waals surface area contributed by atoms with Gasteiger partial charge in [0.15, 0.2) is 5.13 Å². The van der Waals surface area contributed by atoms with Gasteiger partial charge in [-0.15, -0.1) is 22.9 Å². The van der Waals surface area contributed by atoms with E-state index in [4.69, 9.17) is 11.6 Å². The summed E-state index contributed by atoms with van der Waals surface area (Å²) in [7, 11) is 0. The lowest BCUT2D eigenvalue weighted by atomic mass is 10.1. The second-order valence-corrected chi connectivity index (χ2v) is 5.08. The van der Waals surface area contributed by atoms with Gasteiger partial charge in [-0.1, -0.05) is 12.1 Å². The Labute approximate surface area is 123 Å². The largest absolute Gasteiger partial charge is 0.298 e. The van der Waals surface area contributed by atoms with Gasteiger partial charge in [-0.25, -0.2) is 4.98 Å². The highest BCUT2D eigenvalue weighted by atomic mass is 35.5. The third-order valence-corrected chi connectivity index (χ3v) is 3.66. The van der Waals surface area contributed by atoms with Crippen molar-refractivity contribution in [1.82, 2.24) is 4.98 Å². The first kappa shape index (κ1) is 14.4. The zero-order chi connectivity index (χ0) is 14.7. The molecule has 1 amide bonds. The summed E-state index contributed by atoms with van der Waals surface area (Å²) < 4.78 is 0. The van der Waals surface area contributed by atoms with Crippen LogP contribution < -0.4 is 5.32 Å². The molecule has 2 rings (SSSR count). The van der Waals surface area contributed by atoms with Crippen LogP contribution >= 0.6 is 22.9 Å². The average Bonchev–Trinajstić information content (AvgIpc) is 2.85. The molecule has 104 valence electrons. The summed E-state index contributed by atoms with van der Waals surface area (Å²) in [5.41, 5.74) is 0.994. The molecule has 1 N–H and O–H groups in total. The molecular weight excluding hydrogens is 302 g/mol. The lowest BCUT2D eigenvalue weighted by Crippen LogP contribution is -2.15. The number of aromatic nitrogens is 1. The highest BCUT2D eigenvalue weighted by Crippen LogP contribution is 2.24. The first-order valence-corrected chi connectivity index (χ1v) is 7.00. The van der Waals surface area contributed by atoms with Gasteiger partial charge >= 0.3 is 0 Å². The van der Waals surface area contributed by atoms with Crippen molar-refractivity contribution in [3.05, 3.63) is 50.5 Å². The van der Waals surface area contributed by atoms with Crippen molar-refractivity contribution in [2.24, 2.45) is 0 Å². The minimum atomic E-state index is -0.575. The van der Waals surface area contributed by atoms with Gasteiger partial charge in [0.1, 0.15) is 5.56 Å². The van der Waals surface area contributed by atoms with E-state index in [2.05, 4.69) is 10.3 Å². The third kappa shape index (κ3) is 2.94. The van der Waals surface area contributed by atoms with Gasteiger partial charge in [-0.2, -0.15) is 0 Å². The number of carbonyl (C=O) groups is 1. The van der Waals surface area contributed by atoms with Crippen LogP contribution in [0.1, 0.15) is 21.6 Å². The Morgan fingerprint density at radius 1 is 1.55 bits per heavy atom. The number of benzene rings is 1. The van der Waals surface area contributed by atoms with Crippen LogP contribution in [0.2, 0.25) is 0 Å². The van der Waals surface area contributed by atoms with Gasteiger partial charge in [0, 0.05) is 11.4 Å². The zero-order valence-corrected chi connectivity index (χ0v) is 12.0. The van der Waals surface area contributed by atoms with Crippen LogP contribution in [0, 0.1) is 17.0 Å². The smallest absolute Gasteiger partial charge is 0.282 e. The molecule has 2 aromatic rings. The normalized spacial score (nSPS) is 10.3. The number of carbonyl (C=O) groups excluding carboxylic acids is 1. The number of nitrogens with zero attached hydrogens (tertiary/aromatic N) is 2. The van der Waals surface area contributed by atoms with E-state index in [1.165, 1.54) is 17.4 Å². The van der Waals surface area contributed by atoms with Crippen molar-refractivity contribution in [1.29, 1.82) is 0 Å². The van der Waals surface area contributed by atoms with Crippen LogP contribution in [0.15, 0.2) is 23.6 Å². The molecular formula is C12H10ClN3O3S. The molecule has 0 radical (unpaired) electrons. The average molecular weight is 312 g/mol. The number of amides is 1. The second kappa shape index (κ2) is 5.98. The Morgan fingerprint density at radius 3 is 2.90 bits per heavy atom. The number of nitrogens with one attached hydrogen (secondary N) is 1. The summed E-state index contributed by atoms with van der Waals surface area (Å²) in [6, 6.07) is 4.49. The van der Waals surface area contributed by atoms with Crippen molar-refractivity contribution < 1.29 is 9.72 Å². The van der Waals surface area contributed by atoms with E-state index in [1.807, 2.05) is 0 Å². The maximum atomic E-state index is 12.2. The van der Waals surface area contributed by atoms with Crippen molar-refractivity contribution >= 4 is 39.7 Å². The number of thiazole rings is 1. The van der Waals surface area contributed by atoms with Gasteiger partial charge in [0.05, 0.1) is 16.5 Å².